The number of rotatable bonds is 5. The molecule has 0 aromatic heterocycles. The highest BCUT2D eigenvalue weighted by atomic mass is 19.4. The largest absolute Gasteiger partial charge is 0.511 e. The Kier molecular flexibility index (Phi) is 9.03. The topological polar surface area (TPSA) is 112 Å². The summed E-state index contributed by atoms with van der Waals surface area (Å²) in [6.07, 6.45) is -2.72. The fourth-order valence-corrected chi connectivity index (χ4v) is 6.57. The molecule has 3 N–H and O–H groups in total. The number of benzene rings is 2. The van der Waals surface area contributed by atoms with Crippen molar-refractivity contribution in [2.45, 2.75) is 60.1 Å². The van der Waals surface area contributed by atoms with Crippen molar-refractivity contribution >= 4 is 17.3 Å². The summed E-state index contributed by atoms with van der Waals surface area (Å²) in [5, 5.41) is 11.0. The Balaban J connectivity index is 0.00000231. The summed E-state index contributed by atoms with van der Waals surface area (Å²) in [6.45, 7) is 5.36. The molecule has 3 aliphatic rings. The third-order valence-corrected chi connectivity index (χ3v) is 8.17. The highest BCUT2D eigenvalue weighted by Crippen LogP contribution is 2.52. The van der Waals surface area contributed by atoms with Gasteiger partial charge in [-0.05, 0) is 79.8 Å². The maximum Gasteiger partial charge on any atom is 0.416 e. The molecule has 0 radical (unpaired) electrons. The zero-order chi connectivity index (χ0) is 28.2. The van der Waals surface area contributed by atoms with Crippen LogP contribution in [0.4, 0.5) is 13.2 Å². The quantitative estimate of drug-likeness (QED) is 0.403. The average Bonchev–Trinajstić information content (AvgIpc) is 2.86. The van der Waals surface area contributed by atoms with Gasteiger partial charge in [0.05, 0.1) is 23.3 Å². The molecule has 2 aromatic rings. The van der Waals surface area contributed by atoms with Crippen molar-refractivity contribution in [3.05, 3.63) is 75.6 Å². The molecular formula is C32H35F3O6. The highest BCUT2D eigenvalue weighted by Gasteiger charge is 2.48. The number of carbonyl (C=O) groups is 3. The lowest BCUT2D eigenvalue weighted by molar-refractivity contribution is -0.137. The summed E-state index contributed by atoms with van der Waals surface area (Å²) in [4.78, 5) is 39.0. The maximum atomic E-state index is 14.2. The molecule has 0 saturated carbocycles. The van der Waals surface area contributed by atoms with Gasteiger partial charge in [-0.3, -0.25) is 14.4 Å². The lowest BCUT2D eigenvalue weighted by Gasteiger charge is -2.43. The molecule has 5 rings (SSSR count). The Morgan fingerprint density at radius 3 is 2.32 bits per heavy atom. The van der Waals surface area contributed by atoms with Crippen molar-refractivity contribution in [2.24, 2.45) is 17.8 Å². The lowest BCUT2D eigenvalue weighted by atomic mass is 9.60. The minimum Gasteiger partial charge on any atom is -0.511 e. The first-order chi connectivity index (χ1) is 18.4. The predicted octanol–water partition coefficient (Wildman–Crippen LogP) is 6.65. The summed E-state index contributed by atoms with van der Waals surface area (Å²) in [5.74, 6) is -2.04. The number of carbonyl (C=O) groups excluding carboxylic acids is 3. The number of ether oxygens (including phenoxy) is 1. The smallest absolute Gasteiger partial charge is 0.416 e. The molecule has 0 heterocycles. The van der Waals surface area contributed by atoms with Crippen molar-refractivity contribution in [3.8, 4) is 16.9 Å². The van der Waals surface area contributed by atoms with E-state index in [1.54, 1.807) is 19.1 Å². The first-order valence-electron chi connectivity index (χ1n) is 13.1. The number of Topliss-reactive ketones (excluding diaryl/α,β-unsaturated/α-hetero) is 3. The fraction of sp³-hybridized carbons (Fsp3) is 0.406. The van der Waals surface area contributed by atoms with Crippen molar-refractivity contribution in [3.63, 3.8) is 0 Å². The highest BCUT2D eigenvalue weighted by molar-refractivity contribution is 6.20. The summed E-state index contributed by atoms with van der Waals surface area (Å²) in [5.41, 5.74) is 2.58. The number of halogens is 3. The van der Waals surface area contributed by atoms with Crippen LogP contribution in [-0.4, -0.2) is 34.5 Å². The van der Waals surface area contributed by atoms with Crippen LogP contribution in [-0.2, 0) is 22.2 Å². The molecule has 2 aromatic carbocycles. The molecule has 9 heteroatoms. The Hall–Kier alpha value is -3.72. The molecule has 3 atom stereocenters. The summed E-state index contributed by atoms with van der Waals surface area (Å²) >= 11 is 0. The van der Waals surface area contributed by atoms with Gasteiger partial charge in [-0.15, -0.1) is 0 Å². The molecular weight excluding hydrogens is 537 g/mol. The van der Waals surface area contributed by atoms with Crippen molar-refractivity contribution in [1.29, 1.82) is 0 Å². The van der Waals surface area contributed by atoms with E-state index in [1.807, 2.05) is 6.92 Å². The second-order valence-electron chi connectivity index (χ2n) is 10.6. The van der Waals surface area contributed by atoms with E-state index in [2.05, 4.69) is 0 Å². The number of allylic oxidation sites excluding steroid dienone is 3. The minimum atomic E-state index is -4.46. The van der Waals surface area contributed by atoms with E-state index >= 15 is 0 Å². The van der Waals surface area contributed by atoms with Gasteiger partial charge in [-0.1, -0.05) is 38.1 Å². The van der Waals surface area contributed by atoms with Gasteiger partial charge >= 0.3 is 6.18 Å². The standard InChI is InChI=1S/C31H29F3O5.CH4.H2O/c1-4-11-39-24-10-9-21(17-5-7-20(8-6-17)31(32,33)34)22-13-18-12-19-14-23(36)27(16(3)35)29(37)26(19)15(2)25(18)30(38)28(22)24;;/h5-10,18-19,26,37H,4,11-14H2,1-3H3;1H4;1H2. The van der Waals surface area contributed by atoms with E-state index in [-0.39, 0.29) is 54.1 Å². The van der Waals surface area contributed by atoms with Crippen molar-refractivity contribution < 1.29 is 42.9 Å². The van der Waals surface area contributed by atoms with Gasteiger partial charge < -0.3 is 15.3 Å². The van der Waals surface area contributed by atoms with Gasteiger partial charge in [-0.25, -0.2) is 0 Å². The first-order valence-corrected chi connectivity index (χ1v) is 13.1. The van der Waals surface area contributed by atoms with Gasteiger partial charge in [-0.2, -0.15) is 13.2 Å². The normalized spacial score (nSPS) is 21.8. The van der Waals surface area contributed by atoms with E-state index in [9.17, 15) is 32.7 Å². The van der Waals surface area contributed by atoms with Crippen LogP contribution in [0.2, 0.25) is 0 Å². The monoisotopic (exact) mass is 572 g/mol. The Morgan fingerprint density at radius 1 is 1.07 bits per heavy atom. The van der Waals surface area contributed by atoms with Crippen LogP contribution < -0.4 is 4.74 Å². The Bertz CT molecular complexity index is 1450. The number of aliphatic hydroxyl groups excluding tert-OH is 1. The molecule has 0 saturated heterocycles. The Labute approximate surface area is 237 Å². The predicted molar refractivity (Wildman–Crippen MR) is 149 cm³/mol. The van der Waals surface area contributed by atoms with Crippen molar-refractivity contribution in [1.82, 2.24) is 0 Å². The number of hydrogen-bond acceptors (Lipinski definition) is 5. The molecule has 0 bridgehead atoms. The first kappa shape index (κ1) is 31.8. The summed E-state index contributed by atoms with van der Waals surface area (Å²) in [6, 6.07) is 8.36. The zero-order valence-corrected chi connectivity index (χ0v) is 22.4. The van der Waals surface area contributed by atoms with Crippen molar-refractivity contribution in [2.75, 3.05) is 6.61 Å². The summed E-state index contributed by atoms with van der Waals surface area (Å²) in [7, 11) is 0. The number of hydrogen-bond donors (Lipinski definition) is 1. The molecule has 0 amide bonds. The van der Waals surface area contributed by atoms with Crippen LogP contribution in [0.5, 0.6) is 5.75 Å². The van der Waals surface area contributed by atoms with Gasteiger partial charge in [0, 0.05) is 17.9 Å². The second-order valence-corrected chi connectivity index (χ2v) is 10.6. The van der Waals surface area contributed by atoms with Crippen LogP contribution >= 0.6 is 0 Å². The number of alkyl halides is 3. The fourth-order valence-electron chi connectivity index (χ4n) is 6.57. The van der Waals surface area contributed by atoms with Gasteiger partial charge in [0.1, 0.15) is 11.5 Å². The zero-order valence-electron chi connectivity index (χ0n) is 22.4. The third-order valence-electron chi connectivity index (χ3n) is 8.17. The summed E-state index contributed by atoms with van der Waals surface area (Å²) < 4.78 is 45.5. The van der Waals surface area contributed by atoms with E-state index < -0.39 is 23.4 Å². The van der Waals surface area contributed by atoms with Crippen LogP contribution in [0, 0.1) is 17.8 Å². The number of ketones is 3. The van der Waals surface area contributed by atoms with Crippen LogP contribution in [0.3, 0.4) is 0 Å². The molecule has 3 aliphatic carbocycles. The Morgan fingerprint density at radius 2 is 1.73 bits per heavy atom. The SMILES string of the molecule is C.CCCOc1ccc(-c2ccc(C(F)(F)F)cc2)c2c1C(=O)C1=C(C)C3C(O)=C(C(C)=O)C(=O)CC3CC1C2.O. The average molecular weight is 573 g/mol. The molecule has 6 nitrogen and oxygen atoms in total. The lowest BCUT2D eigenvalue weighted by Crippen LogP contribution is -2.40. The second kappa shape index (κ2) is 11.6. The molecule has 0 spiro atoms. The maximum absolute atomic E-state index is 14.2. The van der Waals surface area contributed by atoms with E-state index in [0.717, 1.165) is 18.6 Å². The van der Waals surface area contributed by atoms with Crippen LogP contribution in [0.25, 0.3) is 11.1 Å². The van der Waals surface area contributed by atoms with Gasteiger partial charge in [0.25, 0.3) is 0 Å². The molecule has 0 fully saturated rings. The van der Waals surface area contributed by atoms with E-state index in [4.69, 9.17) is 4.74 Å². The van der Waals surface area contributed by atoms with Gasteiger partial charge in [0.15, 0.2) is 17.3 Å². The molecule has 220 valence electrons. The molecule has 3 unspecified atom stereocenters. The molecule has 41 heavy (non-hydrogen) atoms. The number of aliphatic hydroxyl groups is 1. The van der Waals surface area contributed by atoms with Crippen LogP contribution in [0.1, 0.15) is 68.9 Å². The van der Waals surface area contributed by atoms with Crippen LogP contribution in [0.15, 0.2) is 58.9 Å². The molecule has 0 aliphatic heterocycles. The minimum absolute atomic E-state index is 0. The number of fused-ring (bicyclic) bond motifs is 3. The van der Waals surface area contributed by atoms with E-state index in [0.29, 0.717) is 58.6 Å². The van der Waals surface area contributed by atoms with Gasteiger partial charge in [0.2, 0.25) is 0 Å². The third kappa shape index (κ3) is 5.35. The van der Waals surface area contributed by atoms with E-state index in [1.165, 1.54) is 19.1 Å².